The van der Waals surface area contributed by atoms with E-state index in [1.807, 2.05) is 61.5 Å². The lowest BCUT2D eigenvalue weighted by molar-refractivity contribution is -0.123. The van der Waals surface area contributed by atoms with Gasteiger partial charge in [-0.3, -0.25) is 19.5 Å². The number of carbonyl (C=O) groups excluding carboxylic acids is 2. The number of carbonyl (C=O) groups is 2. The number of pyridine rings is 1. The van der Waals surface area contributed by atoms with E-state index in [1.165, 1.54) is 17.0 Å². The minimum absolute atomic E-state index is 0.241. The van der Waals surface area contributed by atoms with E-state index < -0.39 is 42.0 Å². The first kappa shape index (κ1) is 31.8. The third-order valence-corrected chi connectivity index (χ3v) is 9.07. The molecular weight excluding hydrogens is 597 g/mol. The predicted molar refractivity (Wildman–Crippen MR) is 179 cm³/mol. The summed E-state index contributed by atoms with van der Waals surface area (Å²) in [6, 6.07) is 26.3. The molecule has 1 aliphatic carbocycles. The Bertz CT molecular complexity index is 1830. The van der Waals surface area contributed by atoms with E-state index in [1.54, 1.807) is 36.5 Å². The average Bonchev–Trinajstić information content (AvgIpc) is 3.33. The van der Waals surface area contributed by atoms with Crippen LogP contribution in [0.4, 0.5) is 21.5 Å². The molecular formula is C38H36FN3O5. The van der Waals surface area contributed by atoms with Crippen LogP contribution in [-0.2, 0) is 9.59 Å². The van der Waals surface area contributed by atoms with Crippen LogP contribution in [0.1, 0.15) is 37.4 Å². The van der Waals surface area contributed by atoms with Gasteiger partial charge in [-0.05, 0) is 110 Å². The number of fused-ring (bicyclic) bond motifs is 1. The molecule has 4 atom stereocenters. The smallest absolute Gasteiger partial charge is 0.238 e. The summed E-state index contributed by atoms with van der Waals surface area (Å²) in [6.45, 7) is 1.45. The Morgan fingerprint density at radius 2 is 1.72 bits per heavy atom. The first-order valence-corrected chi connectivity index (χ1v) is 15.6. The van der Waals surface area contributed by atoms with Crippen LogP contribution in [0.3, 0.4) is 0 Å². The van der Waals surface area contributed by atoms with Crippen LogP contribution in [0.5, 0.6) is 5.75 Å². The monoisotopic (exact) mass is 633 g/mol. The first-order chi connectivity index (χ1) is 22.7. The number of nitrogens with zero attached hydrogens (tertiary/aromatic N) is 2. The number of phenolic OH excluding ortho intramolecular Hbond substituents is 1. The molecule has 2 aliphatic rings. The normalized spacial score (nSPS) is 20.4. The lowest BCUT2D eigenvalue weighted by atomic mass is 9.68. The second kappa shape index (κ2) is 13.7. The molecule has 8 nitrogen and oxygen atoms in total. The molecule has 0 spiro atoms. The summed E-state index contributed by atoms with van der Waals surface area (Å²) < 4.78 is 14.1. The number of rotatable bonds is 10. The molecule has 0 unspecified atom stereocenters. The van der Waals surface area contributed by atoms with E-state index in [9.17, 15) is 29.3 Å². The number of imide groups is 1. The van der Waals surface area contributed by atoms with Crippen molar-refractivity contribution in [2.75, 3.05) is 16.8 Å². The molecule has 2 heterocycles. The fourth-order valence-corrected chi connectivity index (χ4v) is 6.84. The zero-order valence-corrected chi connectivity index (χ0v) is 25.9. The number of anilines is 3. The van der Waals surface area contributed by atoms with Gasteiger partial charge in [0.2, 0.25) is 11.8 Å². The van der Waals surface area contributed by atoms with Crippen LogP contribution in [0, 0.1) is 23.6 Å². The number of phenols is 1. The summed E-state index contributed by atoms with van der Waals surface area (Å²) in [7, 11) is 0. The maximum Gasteiger partial charge on any atom is 0.238 e. The Hall–Kier alpha value is -5.12. The summed E-state index contributed by atoms with van der Waals surface area (Å²) in [5, 5.41) is 35.1. The summed E-state index contributed by atoms with van der Waals surface area (Å²) in [6.07, 6.45) is 3.30. The molecule has 240 valence electrons. The molecule has 4 N–H and O–H groups in total. The number of hydrogen-bond donors (Lipinski definition) is 4. The van der Waals surface area contributed by atoms with Gasteiger partial charge in [0, 0.05) is 23.5 Å². The van der Waals surface area contributed by atoms with Crippen LogP contribution in [0.25, 0.3) is 11.6 Å². The van der Waals surface area contributed by atoms with E-state index in [0.29, 0.717) is 35.4 Å². The van der Waals surface area contributed by atoms with Crippen LogP contribution >= 0.6 is 0 Å². The average molecular weight is 634 g/mol. The van der Waals surface area contributed by atoms with Gasteiger partial charge in [-0.25, -0.2) is 4.39 Å². The molecule has 1 aromatic heterocycles. The molecule has 6 rings (SSSR count). The lowest BCUT2D eigenvalue weighted by Crippen LogP contribution is -2.38. The molecule has 0 saturated carbocycles. The topological polar surface area (TPSA) is 123 Å². The Labute approximate surface area is 272 Å². The van der Waals surface area contributed by atoms with Crippen molar-refractivity contribution in [3.05, 3.63) is 125 Å². The summed E-state index contributed by atoms with van der Waals surface area (Å²) in [4.78, 5) is 33.2. The molecule has 2 amide bonds. The Morgan fingerprint density at radius 1 is 1.00 bits per heavy atom. The zero-order chi connectivity index (χ0) is 33.1. The van der Waals surface area contributed by atoms with Crippen molar-refractivity contribution in [2.45, 2.75) is 32.3 Å². The molecule has 0 bridgehead atoms. The summed E-state index contributed by atoms with van der Waals surface area (Å²) in [5.41, 5.74) is 5.46. The van der Waals surface area contributed by atoms with Crippen LogP contribution in [0.15, 0.2) is 108 Å². The van der Waals surface area contributed by atoms with E-state index >= 15 is 0 Å². The molecule has 9 heteroatoms. The highest BCUT2D eigenvalue weighted by Gasteiger charge is 2.54. The highest BCUT2D eigenvalue weighted by molar-refractivity contribution is 6.22. The molecule has 3 aromatic carbocycles. The Kier molecular flexibility index (Phi) is 9.29. The van der Waals surface area contributed by atoms with Gasteiger partial charge in [-0.15, -0.1) is 0 Å². The summed E-state index contributed by atoms with van der Waals surface area (Å²) >= 11 is 0. The van der Waals surface area contributed by atoms with Gasteiger partial charge in [0.1, 0.15) is 0 Å². The molecule has 4 aromatic rings. The number of amides is 2. The van der Waals surface area contributed by atoms with E-state index in [-0.39, 0.29) is 18.2 Å². The number of allylic oxidation sites excluding steroid dienone is 2. The number of aromatic hydroxyl groups is 1. The van der Waals surface area contributed by atoms with Gasteiger partial charge in [-0.2, -0.15) is 0 Å². The van der Waals surface area contributed by atoms with Crippen molar-refractivity contribution in [3.8, 4) is 5.75 Å². The zero-order valence-electron chi connectivity index (χ0n) is 25.9. The largest absolute Gasteiger partial charge is 0.505 e. The number of hydrogen-bond acceptors (Lipinski definition) is 7. The van der Waals surface area contributed by atoms with Crippen LogP contribution in [-0.4, -0.2) is 44.8 Å². The highest BCUT2D eigenvalue weighted by atomic mass is 19.1. The SMILES string of the molecule is CC1=C([C@H](O)CC/C(=C/c2ccc(O)c(F)c2)c2ccccn2)[C@H](CO)[C@@H]2C(=O)N(c3ccc(Nc4ccccc4)cc3)C(=O)[C@@H]2C1. The number of benzene rings is 3. The number of nitrogens with one attached hydrogen (secondary N) is 1. The van der Waals surface area contributed by atoms with Crippen molar-refractivity contribution in [1.82, 2.24) is 4.98 Å². The van der Waals surface area contributed by atoms with Crippen molar-refractivity contribution in [3.63, 3.8) is 0 Å². The quantitative estimate of drug-likeness (QED) is 0.116. The number of aliphatic hydroxyl groups excluding tert-OH is 2. The minimum Gasteiger partial charge on any atom is -0.505 e. The Morgan fingerprint density at radius 3 is 2.40 bits per heavy atom. The fraction of sp³-hybridized carbons (Fsp3) is 0.237. The number of halogens is 1. The standard InChI is InChI=1S/C38H36FN3O5/c1-23-19-29-36(38(47)42(37(29)46)28-14-12-27(13-15-28)41-26-7-3-2-4-8-26)30(22-43)35(23)34(45)17-11-25(32-9-5-6-18-40-32)20-24-10-16-33(44)31(39)21-24/h2-10,12-16,18,20-21,29-30,34,36,41,43-45H,11,17,19,22H2,1H3/b25-20-/t29-,30+,34-,36-/m1/s1. The predicted octanol–water partition coefficient (Wildman–Crippen LogP) is 6.49. The van der Waals surface area contributed by atoms with Gasteiger partial charge in [-0.1, -0.05) is 35.9 Å². The van der Waals surface area contributed by atoms with Crippen LogP contribution < -0.4 is 10.2 Å². The second-order valence-electron chi connectivity index (χ2n) is 12.1. The molecule has 1 fully saturated rings. The van der Waals surface area contributed by atoms with Crippen molar-refractivity contribution < 1.29 is 29.3 Å². The van der Waals surface area contributed by atoms with Gasteiger partial charge in [0.15, 0.2) is 11.6 Å². The molecule has 47 heavy (non-hydrogen) atoms. The number of aliphatic hydroxyl groups is 2. The summed E-state index contributed by atoms with van der Waals surface area (Å²) in [5.74, 6) is -4.04. The van der Waals surface area contributed by atoms with E-state index in [4.69, 9.17) is 0 Å². The van der Waals surface area contributed by atoms with Gasteiger partial charge < -0.3 is 20.6 Å². The first-order valence-electron chi connectivity index (χ1n) is 15.6. The maximum atomic E-state index is 14.1. The fourth-order valence-electron chi connectivity index (χ4n) is 6.84. The third-order valence-electron chi connectivity index (χ3n) is 9.07. The van der Waals surface area contributed by atoms with E-state index in [0.717, 1.165) is 22.5 Å². The molecule has 1 saturated heterocycles. The lowest BCUT2D eigenvalue weighted by Gasteiger charge is -2.35. The van der Waals surface area contributed by atoms with Gasteiger partial charge in [0.25, 0.3) is 0 Å². The van der Waals surface area contributed by atoms with Gasteiger partial charge >= 0.3 is 0 Å². The number of para-hydroxylation sites is 1. The van der Waals surface area contributed by atoms with Crippen molar-refractivity contribution in [1.29, 1.82) is 0 Å². The van der Waals surface area contributed by atoms with Gasteiger partial charge in [0.05, 0.1) is 35.9 Å². The number of aromatic nitrogens is 1. The molecule has 1 aliphatic heterocycles. The third kappa shape index (κ3) is 6.58. The minimum atomic E-state index is -1.00. The van der Waals surface area contributed by atoms with E-state index in [2.05, 4.69) is 10.3 Å². The van der Waals surface area contributed by atoms with Crippen LogP contribution in [0.2, 0.25) is 0 Å². The van der Waals surface area contributed by atoms with Crippen molar-refractivity contribution >= 4 is 40.5 Å². The van der Waals surface area contributed by atoms with Crippen molar-refractivity contribution in [2.24, 2.45) is 17.8 Å². The molecule has 0 radical (unpaired) electrons. The Balaban J connectivity index is 1.21. The highest BCUT2D eigenvalue weighted by Crippen LogP contribution is 2.47. The second-order valence-corrected chi connectivity index (χ2v) is 12.1. The maximum absolute atomic E-state index is 14.1.